The van der Waals surface area contributed by atoms with Crippen molar-refractivity contribution in [3.8, 4) is 11.5 Å². The number of amides is 1. The average Bonchev–Trinajstić information content (AvgIpc) is 2.75. The quantitative estimate of drug-likeness (QED) is 0.343. The van der Waals surface area contributed by atoms with Crippen LogP contribution in [0, 0.1) is 0 Å². The van der Waals surface area contributed by atoms with E-state index in [4.69, 9.17) is 21.1 Å². The number of ether oxygens (including phenoxy) is 2. The molecule has 0 aliphatic carbocycles. The lowest BCUT2D eigenvalue weighted by atomic mass is 10.1. The maximum atomic E-state index is 12.0. The minimum atomic E-state index is -0.191. The second-order valence-corrected chi connectivity index (χ2v) is 7.77. The van der Waals surface area contributed by atoms with Crippen LogP contribution in [0.25, 0.3) is 0 Å². The maximum absolute atomic E-state index is 12.0. The zero-order chi connectivity index (χ0) is 21.3. The van der Waals surface area contributed by atoms with Crippen LogP contribution in [0.3, 0.4) is 0 Å². The van der Waals surface area contributed by atoms with Crippen LogP contribution in [-0.4, -0.2) is 19.2 Å². The number of hydrogen-bond acceptors (Lipinski definition) is 4. The first-order valence-electron chi connectivity index (χ1n) is 9.15. The van der Waals surface area contributed by atoms with Crippen molar-refractivity contribution in [3.05, 3.63) is 92.9 Å². The third kappa shape index (κ3) is 6.61. The number of hydrogen-bond donors (Lipinski definition) is 1. The lowest BCUT2D eigenvalue weighted by Gasteiger charge is -2.11. The molecule has 0 radical (unpaired) electrons. The fourth-order valence-electron chi connectivity index (χ4n) is 2.63. The van der Waals surface area contributed by atoms with Crippen molar-refractivity contribution in [3.63, 3.8) is 0 Å². The SMILES string of the molecule is COc1cc(/C=N\NC(=O)Cc2ccc(Br)cc2)ccc1OCc1ccc(Cl)cc1. The van der Waals surface area contributed by atoms with Gasteiger partial charge in [0.2, 0.25) is 5.91 Å². The number of nitrogens with one attached hydrogen (secondary N) is 1. The van der Waals surface area contributed by atoms with E-state index in [1.165, 1.54) is 0 Å². The van der Waals surface area contributed by atoms with Crippen molar-refractivity contribution in [2.45, 2.75) is 13.0 Å². The fourth-order valence-corrected chi connectivity index (χ4v) is 3.02. The zero-order valence-electron chi connectivity index (χ0n) is 16.3. The summed E-state index contributed by atoms with van der Waals surface area (Å²) in [6.45, 7) is 0.396. The second kappa shape index (κ2) is 10.8. The Morgan fingerprint density at radius 2 is 1.73 bits per heavy atom. The van der Waals surface area contributed by atoms with Crippen molar-refractivity contribution in [2.75, 3.05) is 7.11 Å². The maximum Gasteiger partial charge on any atom is 0.244 e. The van der Waals surface area contributed by atoms with E-state index in [0.29, 0.717) is 23.1 Å². The molecule has 0 fully saturated rings. The largest absolute Gasteiger partial charge is 0.493 e. The molecule has 30 heavy (non-hydrogen) atoms. The normalized spacial score (nSPS) is 10.8. The number of halogens is 2. The molecule has 3 aromatic carbocycles. The van der Waals surface area contributed by atoms with Crippen LogP contribution in [0.1, 0.15) is 16.7 Å². The van der Waals surface area contributed by atoms with Gasteiger partial charge < -0.3 is 9.47 Å². The monoisotopic (exact) mass is 486 g/mol. The molecule has 0 saturated carbocycles. The molecule has 7 heteroatoms. The van der Waals surface area contributed by atoms with Crippen molar-refractivity contribution >= 4 is 39.7 Å². The Hall–Kier alpha value is -2.83. The van der Waals surface area contributed by atoms with Crippen LogP contribution >= 0.6 is 27.5 Å². The molecule has 154 valence electrons. The summed E-state index contributed by atoms with van der Waals surface area (Å²) >= 11 is 9.27. The molecule has 5 nitrogen and oxygen atoms in total. The van der Waals surface area contributed by atoms with E-state index in [0.717, 1.165) is 21.2 Å². The van der Waals surface area contributed by atoms with Crippen LogP contribution in [0.2, 0.25) is 5.02 Å². The molecular weight excluding hydrogens is 468 g/mol. The average molecular weight is 488 g/mol. The van der Waals surface area contributed by atoms with Gasteiger partial charge in [-0.25, -0.2) is 5.43 Å². The molecule has 0 aliphatic rings. The molecule has 1 N–H and O–H groups in total. The van der Waals surface area contributed by atoms with E-state index in [1.807, 2.05) is 54.6 Å². The fraction of sp³-hybridized carbons (Fsp3) is 0.130. The highest BCUT2D eigenvalue weighted by Gasteiger charge is 2.06. The molecule has 0 atom stereocenters. The summed E-state index contributed by atoms with van der Waals surface area (Å²) in [5, 5.41) is 4.70. The number of carbonyl (C=O) groups excluding carboxylic acids is 1. The third-order valence-electron chi connectivity index (χ3n) is 4.18. The van der Waals surface area contributed by atoms with E-state index >= 15 is 0 Å². The number of hydrazone groups is 1. The molecule has 0 heterocycles. The Balaban J connectivity index is 1.56. The number of rotatable bonds is 8. The van der Waals surface area contributed by atoms with Crippen LogP contribution in [0.4, 0.5) is 0 Å². The first-order valence-corrected chi connectivity index (χ1v) is 10.3. The third-order valence-corrected chi connectivity index (χ3v) is 4.96. The van der Waals surface area contributed by atoms with Crippen LogP contribution in [-0.2, 0) is 17.8 Å². The molecule has 0 bridgehead atoms. The Bertz CT molecular complexity index is 1020. The van der Waals surface area contributed by atoms with Gasteiger partial charge in [-0.2, -0.15) is 5.10 Å². The van der Waals surface area contributed by atoms with Gasteiger partial charge >= 0.3 is 0 Å². The van der Waals surface area contributed by atoms with Crippen molar-refractivity contribution < 1.29 is 14.3 Å². The molecule has 0 aliphatic heterocycles. The smallest absolute Gasteiger partial charge is 0.244 e. The van der Waals surface area contributed by atoms with Gasteiger partial charge in [-0.05, 0) is 59.2 Å². The lowest BCUT2D eigenvalue weighted by Crippen LogP contribution is -2.19. The molecule has 0 unspecified atom stereocenters. The van der Waals surface area contributed by atoms with Gasteiger partial charge in [-0.15, -0.1) is 0 Å². The zero-order valence-corrected chi connectivity index (χ0v) is 18.6. The predicted octanol–water partition coefficient (Wildman–Crippen LogP) is 5.38. The van der Waals surface area contributed by atoms with Crippen molar-refractivity contribution in [1.29, 1.82) is 0 Å². The van der Waals surface area contributed by atoms with Gasteiger partial charge in [0.05, 0.1) is 19.7 Å². The molecule has 3 aromatic rings. The van der Waals surface area contributed by atoms with E-state index in [9.17, 15) is 4.79 Å². The Morgan fingerprint density at radius 3 is 2.43 bits per heavy atom. The first kappa shape index (κ1) is 21.9. The minimum absolute atomic E-state index is 0.191. The van der Waals surface area contributed by atoms with Crippen molar-refractivity contribution in [2.24, 2.45) is 5.10 Å². The van der Waals surface area contributed by atoms with E-state index in [1.54, 1.807) is 25.5 Å². The highest BCUT2D eigenvalue weighted by Crippen LogP contribution is 2.28. The number of methoxy groups -OCH3 is 1. The minimum Gasteiger partial charge on any atom is -0.493 e. The van der Waals surface area contributed by atoms with E-state index in [2.05, 4.69) is 26.5 Å². The van der Waals surface area contributed by atoms with Crippen LogP contribution in [0.15, 0.2) is 76.3 Å². The summed E-state index contributed by atoms with van der Waals surface area (Å²) in [6.07, 6.45) is 1.82. The van der Waals surface area contributed by atoms with Gasteiger partial charge in [-0.3, -0.25) is 4.79 Å². The molecular formula is C23H20BrClN2O3. The van der Waals surface area contributed by atoms with E-state index in [-0.39, 0.29) is 12.3 Å². The molecule has 0 aromatic heterocycles. The summed E-state index contributed by atoms with van der Waals surface area (Å²) in [5.74, 6) is 1.00. The number of benzene rings is 3. The summed E-state index contributed by atoms with van der Waals surface area (Å²) in [7, 11) is 1.57. The Kier molecular flexibility index (Phi) is 7.88. The van der Waals surface area contributed by atoms with Gasteiger partial charge in [0.25, 0.3) is 0 Å². The summed E-state index contributed by atoms with van der Waals surface area (Å²) in [4.78, 5) is 12.0. The highest BCUT2D eigenvalue weighted by atomic mass is 79.9. The molecule has 0 saturated heterocycles. The lowest BCUT2D eigenvalue weighted by molar-refractivity contribution is -0.120. The predicted molar refractivity (Wildman–Crippen MR) is 122 cm³/mol. The van der Waals surface area contributed by atoms with Gasteiger partial charge in [0.15, 0.2) is 11.5 Å². The number of carbonyl (C=O) groups is 1. The van der Waals surface area contributed by atoms with Crippen LogP contribution in [0.5, 0.6) is 11.5 Å². The Morgan fingerprint density at radius 1 is 1.03 bits per heavy atom. The topological polar surface area (TPSA) is 59.9 Å². The summed E-state index contributed by atoms with van der Waals surface area (Å²) in [5.41, 5.74) is 5.22. The number of nitrogens with zero attached hydrogens (tertiary/aromatic N) is 1. The second-order valence-electron chi connectivity index (χ2n) is 6.42. The highest BCUT2D eigenvalue weighted by molar-refractivity contribution is 9.10. The molecule has 3 rings (SSSR count). The summed E-state index contributed by atoms with van der Waals surface area (Å²) < 4.78 is 12.2. The first-order chi connectivity index (χ1) is 14.5. The summed E-state index contributed by atoms with van der Waals surface area (Å²) in [6, 6.07) is 20.5. The van der Waals surface area contributed by atoms with Crippen molar-refractivity contribution in [1.82, 2.24) is 5.43 Å². The van der Waals surface area contributed by atoms with E-state index < -0.39 is 0 Å². The van der Waals surface area contributed by atoms with Gasteiger partial charge in [0.1, 0.15) is 6.61 Å². The standard InChI is InChI=1S/C23H20BrClN2O3/c1-29-22-12-18(6-11-21(22)30-15-17-4-9-20(25)10-5-17)14-26-27-23(28)13-16-2-7-19(24)8-3-16/h2-12,14H,13,15H2,1H3,(H,27,28)/b26-14-. The Labute approximate surface area is 188 Å². The molecule has 0 spiro atoms. The van der Waals surface area contributed by atoms with Gasteiger partial charge in [-0.1, -0.05) is 51.8 Å². The molecule has 1 amide bonds. The van der Waals surface area contributed by atoms with Crippen LogP contribution < -0.4 is 14.9 Å². The van der Waals surface area contributed by atoms with Gasteiger partial charge in [0, 0.05) is 9.50 Å².